The summed E-state index contributed by atoms with van der Waals surface area (Å²) in [5.74, 6) is 0.269. The standard InChI is InChI=1S/C22H25N3O4S/c1-16(2)13-24-30(27,28)20-9-7-19(8-10-20)29-14-21(26)25-18-5-3-17(4-6-18)22(15-23)11-12-22/h3-10,16,24H,11-14H2,1-2H3,(H,25,26). The molecular weight excluding hydrogens is 402 g/mol. The van der Waals surface area contributed by atoms with Crippen LogP contribution < -0.4 is 14.8 Å². The van der Waals surface area contributed by atoms with E-state index in [1.165, 1.54) is 24.3 Å². The zero-order valence-corrected chi connectivity index (χ0v) is 17.8. The topological polar surface area (TPSA) is 108 Å². The largest absolute Gasteiger partial charge is 0.484 e. The number of amides is 1. The van der Waals surface area contributed by atoms with Crippen molar-refractivity contribution >= 4 is 21.6 Å². The first kappa shape index (κ1) is 21.8. The lowest BCUT2D eigenvalue weighted by Crippen LogP contribution is -2.27. The minimum Gasteiger partial charge on any atom is -0.484 e. The quantitative estimate of drug-likeness (QED) is 0.639. The predicted octanol–water partition coefficient (Wildman–Crippen LogP) is 3.19. The third kappa shape index (κ3) is 5.38. The lowest BCUT2D eigenvalue weighted by Gasteiger charge is -2.11. The number of anilines is 1. The molecule has 158 valence electrons. The number of nitrogens with one attached hydrogen (secondary N) is 2. The van der Waals surface area contributed by atoms with Crippen molar-refractivity contribution in [2.24, 2.45) is 5.92 Å². The molecule has 1 aliphatic rings. The van der Waals surface area contributed by atoms with Crippen molar-refractivity contribution in [3.8, 4) is 11.8 Å². The van der Waals surface area contributed by atoms with Gasteiger partial charge in [-0.1, -0.05) is 26.0 Å². The van der Waals surface area contributed by atoms with Crippen LogP contribution in [0.1, 0.15) is 32.3 Å². The van der Waals surface area contributed by atoms with E-state index in [0.717, 1.165) is 18.4 Å². The average molecular weight is 428 g/mol. The van der Waals surface area contributed by atoms with Crippen molar-refractivity contribution < 1.29 is 17.9 Å². The first-order valence-electron chi connectivity index (χ1n) is 9.78. The number of hydrogen-bond acceptors (Lipinski definition) is 5. The summed E-state index contributed by atoms with van der Waals surface area (Å²) < 4.78 is 32.4. The van der Waals surface area contributed by atoms with Crippen molar-refractivity contribution in [2.75, 3.05) is 18.5 Å². The smallest absolute Gasteiger partial charge is 0.262 e. The van der Waals surface area contributed by atoms with Crippen LogP contribution in [-0.2, 0) is 20.2 Å². The second-order valence-corrected chi connectivity index (χ2v) is 9.59. The highest BCUT2D eigenvalue weighted by Gasteiger charge is 2.44. The number of nitriles is 1. The second-order valence-electron chi connectivity index (χ2n) is 7.83. The van der Waals surface area contributed by atoms with Gasteiger partial charge < -0.3 is 10.1 Å². The van der Waals surface area contributed by atoms with Gasteiger partial charge in [-0.05, 0) is 60.7 Å². The first-order chi connectivity index (χ1) is 14.2. The monoisotopic (exact) mass is 427 g/mol. The van der Waals surface area contributed by atoms with Gasteiger partial charge in [0.1, 0.15) is 5.75 Å². The van der Waals surface area contributed by atoms with Crippen LogP contribution >= 0.6 is 0 Å². The minimum atomic E-state index is -3.56. The van der Waals surface area contributed by atoms with Crippen LogP contribution in [0.25, 0.3) is 0 Å². The van der Waals surface area contributed by atoms with Crippen LogP contribution in [-0.4, -0.2) is 27.5 Å². The third-order valence-corrected chi connectivity index (χ3v) is 6.31. The minimum absolute atomic E-state index is 0.144. The summed E-state index contributed by atoms with van der Waals surface area (Å²) in [4.78, 5) is 12.3. The fourth-order valence-corrected chi connectivity index (χ4v) is 4.10. The summed E-state index contributed by atoms with van der Waals surface area (Å²) in [5.41, 5.74) is 1.24. The summed E-state index contributed by atoms with van der Waals surface area (Å²) in [5, 5.41) is 12.0. The Morgan fingerprint density at radius 2 is 1.77 bits per heavy atom. The zero-order chi connectivity index (χ0) is 21.8. The van der Waals surface area contributed by atoms with Gasteiger partial charge in [0.25, 0.3) is 5.91 Å². The second kappa shape index (κ2) is 8.86. The molecule has 8 heteroatoms. The Balaban J connectivity index is 1.51. The molecule has 1 amide bonds. The van der Waals surface area contributed by atoms with Crippen molar-refractivity contribution in [3.63, 3.8) is 0 Å². The fraction of sp³-hybridized carbons (Fsp3) is 0.364. The molecule has 1 aliphatic carbocycles. The summed E-state index contributed by atoms with van der Waals surface area (Å²) >= 11 is 0. The Morgan fingerprint density at radius 1 is 1.13 bits per heavy atom. The maximum Gasteiger partial charge on any atom is 0.262 e. The van der Waals surface area contributed by atoms with Crippen molar-refractivity contribution in [1.82, 2.24) is 4.72 Å². The van der Waals surface area contributed by atoms with Crippen LogP contribution in [0, 0.1) is 17.2 Å². The van der Waals surface area contributed by atoms with Gasteiger partial charge in [-0.25, -0.2) is 13.1 Å². The molecule has 0 radical (unpaired) electrons. The number of carbonyl (C=O) groups excluding carboxylic acids is 1. The molecule has 0 aliphatic heterocycles. The highest BCUT2D eigenvalue weighted by atomic mass is 32.2. The molecule has 30 heavy (non-hydrogen) atoms. The number of carbonyl (C=O) groups is 1. The van der Waals surface area contributed by atoms with E-state index in [-0.39, 0.29) is 28.7 Å². The molecule has 0 heterocycles. The van der Waals surface area contributed by atoms with E-state index in [0.29, 0.717) is 18.0 Å². The van der Waals surface area contributed by atoms with E-state index in [4.69, 9.17) is 4.74 Å². The van der Waals surface area contributed by atoms with Gasteiger partial charge in [0, 0.05) is 12.2 Å². The molecule has 3 rings (SSSR count). The van der Waals surface area contributed by atoms with Crippen LogP contribution in [0.15, 0.2) is 53.4 Å². The molecule has 7 nitrogen and oxygen atoms in total. The highest BCUT2D eigenvalue weighted by Crippen LogP contribution is 2.47. The summed E-state index contributed by atoms with van der Waals surface area (Å²) in [6.45, 7) is 4.00. The maximum absolute atomic E-state index is 12.2. The Bertz CT molecular complexity index is 1040. The first-order valence-corrected chi connectivity index (χ1v) is 11.3. The molecule has 0 aromatic heterocycles. The van der Waals surface area contributed by atoms with E-state index in [1.54, 1.807) is 12.1 Å². The summed E-state index contributed by atoms with van der Waals surface area (Å²) in [6.07, 6.45) is 1.74. The highest BCUT2D eigenvalue weighted by molar-refractivity contribution is 7.89. The van der Waals surface area contributed by atoms with Gasteiger partial charge in [0.15, 0.2) is 6.61 Å². The molecule has 1 fully saturated rings. The van der Waals surface area contributed by atoms with Gasteiger partial charge in [0.05, 0.1) is 16.4 Å². The van der Waals surface area contributed by atoms with Crippen molar-refractivity contribution in [2.45, 2.75) is 37.0 Å². The number of rotatable bonds is 9. The van der Waals surface area contributed by atoms with Crippen molar-refractivity contribution in [3.05, 3.63) is 54.1 Å². The summed E-state index contributed by atoms with van der Waals surface area (Å²) in [6, 6.07) is 15.5. The third-order valence-electron chi connectivity index (χ3n) is 4.87. The van der Waals surface area contributed by atoms with Gasteiger partial charge in [-0.2, -0.15) is 5.26 Å². The molecule has 0 unspecified atom stereocenters. The number of sulfonamides is 1. The molecule has 1 saturated carbocycles. The van der Waals surface area contributed by atoms with Gasteiger partial charge in [0.2, 0.25) is 10.0 Å². The maximum atomic E-state index is 12.2. The van der Waals surface area contributed by atoms with E-state index >= 15 is 0 Å². The predicted molar refractivity (Wildman–Crippen MR) is 114 cm³/mol. The average Bonchev–Trinajstić information content (AvgIpc) is 3.53. The van der Waals surface area contributed by atoms with Crippen LogP contribution in [0.3, 0.4) is 0 Å². The number of nitrogens with zero attached hydrogens (tertiary/aromatic N) is 1. The Kier molecular flexibility index (Phi) is 6.44. The number of hydrogen-bond donors (Lipinski definition) is 2. The molecule has 0 bridgehead atoms. The zero-order valence-electron chi connectivity index (χ0n) is 17.0. The number of ether oxygens (including phenoxy) is 1. The molecule has 2 N–H and O–H groups in total. The Morgan fingerprint density at radius 3 is 2.30 bits per heavy atom. The normalized spacial score (nSPS) is 14.7. The molecule has 0 atom stereocenters. The fourth-order valence-electron chi connectivity index (χ4n) is 2.88. The summed E-state index contributed by atoms with van der Waals surface area (Å²) in [7, 11) is -3.56. The lowest BCUT2D eigenvalue weighted by molar-refractivity contribution is -0.118. The van der Waals surface area contributed by atoms with E-state index in [2.05, 4.69) is 16.1 Å². The molecule has 0 spiro atoms. The molecule has 2 aromatic rings. The Hall–Kier alpha value is -2.89. The van der Waals surface area contributed by atoms with E-state index < -0.39 is 10.0 Å². The van der Waals surface area contributed by atoms with Crippen molar-refractivity contribution in [1.29, 1.82) is 5.26 Å². The van der Waals surface area contributed by atoms with E-state index in [1.807, 2.05) is 26.0 Å². The van der Waals surface area contributed by atoms with Gasteiger partial charge >= 0.3 is 0 Å². The Labute approximate surface area is 177 Å². The number of benzene rings is 2. The SMILES string of the molecule is CC(C)CNS(=O)(=O)c1ccc(OCC(=O)Nc2ccc(C3(C#N)CC3)cc2)cc1. The van der Waals surface area contributed by atoms with Gasteiger partial charge in [-0.15, -0.1) is 0 Å². The van der Waals surface area contributed by atoms with Crippen LogP contribution in [0.5, 0.6) is 5.75 Å². The molecule has 0 saturated heterocycles. The van der Waals surface area contributed by atoms with Gasteiger partial charge in [-0.3, -0.25) is 4.79 Å². The molecular formula is C22H25N3O4S. The van der Waals surface area contributed by atoms with Crippen LogP contribution in [0.4, 0.5) is 5.69 Å². The molecule has 2 aromatic carbocycles. The van der Waals surface area contributed by atoms with E-state index in [9.17, 15) is 18.5 Å². The van der Waals surface area contributed by atoms with Crippen LogP contribution in [0.2, 0.25) is 0 Å². The lowest BCUT2D eigenvalue weighted by atomic mass is 9.98.